The number of furan rings is 1. The van der Waals surface area contributed by atoms with Crippen LogP contribution in [0.5, 0.6) is 0 Å². The summed E-state index contributed by atoms with van der Waals surface area (Å²) in [5, 5.41) is 0. The molecule has 0 aliphatic rings. The molecule has 5 nitrogen and oxygen atoms in total. The highest BCUT2D eigenvalue weighted by Crippen LogP contribution is 2.22. The van der Waals surface area contributed by atoms with Crippen LogP contribution in [0.15, 0.2) is 65.1 Å². The summed E-state index contributed by atoms with van der Waals surface area (Å²) in [5.41, 5.74) is 5.72. The SMILES string of the molecule is O=C(Cc1ccc(F)cc1)NNC(=O)c1ccc(-c2ccc(F)cc2)o1. The second-order valence-electron chi connectivity index (χ2n) is 5.48. The van der Waals surface area contributed by atoms with Gasteiger partial charge >= 0.3 is 5.91 Å². The molecule has 7 heteroatoms. The lowest BCUT2D eigenvalue weighted by atomic mass is 10.1. The van der Waals surface area contributed by atoms with Crippen molar-refractivity contribution in [3.05, 3.63) is 83.6 Å². The molecule has 0 aliphatic carbocycles. The van der Waals surface area contributed by atoms with E-state index in [2.05, 4.69) is 10.9 Å². The number of rotatable bonds is 4. The van der Waals surface area contributed by atoms with E-state index in [1.165, 1.54) is 54.6 Å². The largest absolute Gasteiger partial charge is 0.451 e. The molecule has 1 heterocycles. The molecule has 0 bridgehead atoms. The summed E-state index contributed by atoms with van der Waals surface area (Å²) >= 11 is 0. The number of benzene rings is 2. The molecule has 0 aliphatic heterocycles. The van der Waals surface area contributed by atoms with Gasteiger partial charge in [-0.05, 0) is 54.1 Å². The van der Waals surface area contributed by atoms with Crippen LogP contribution in [0.1, 0.15) is 16.1 Å². The molecule has 0 radical (unpaired) electrons. The maximum absolute atomic E-state index is 12.9. The summed E-state index contributed by atoms with van der Waals surface area (Å²) in [5.74, 6) is -1.47. The molecule has 26 heavy (non-hydrogen) atoms. The molecule has 2 amide bonds. The molecule has 0 saturated heterocycles. The van der Waals surface area contributed by atoms with Gasteiger partial charge < -0.3 is 4.42 Å². The summed E-state index contributed by atoms with van der Waals surface area (Å²) in [4.78, 5) is 23.8. The van der Waals surface area contributed by atoms with Crippen molar-refractivity contribution in [1.82, 2.24) is 10.9 Å². The average molecular weight is 356 g/mol. The maximum Gasteiger partial charge on any atom is 0.305 e. The van der Waals surface area contributed by atoms with Crippen molar-refractivity contribution in [2.45, 2.75) is 6.42 Å². The minimum Gasteiger partial charge on any atom is -0.451 e. The lowest BCUT2D eigenvalue weighted by Crippen LogP contribution is -2.42. The second kappa shape index (κ2) is 7.60. The van der Waals surface area contributed by atoms with Gasteiger partial charge in [-0.15, -0.1) is 0 Å². The molecular formula is C19H14F2N2O3. The van der Waals surface area contributed by atoms with Crippen LogP contribution in [0.4, 0.5) is 8.78 Å². The topological polar surface area (TPSA) is 71.3 Å². The molecule has 0 spiro atoms. The van der Waals surface area contributed by atoms with Crippen LogP contribution < -0.4 is 10.9 Å². The van der Waals surface area contributed by atoms with Gasteiger partial charge in [0.05, 0.1) is 6.42 Å². The normalized spacial score (nSPS) is 10.4. The molecule has 3 aromatic rings. The third-order valence-corrected chi connectivity index (χ3v) is 3.55. The molecular weight excluding hydrogens is 342 g/mol. The summed E-state index contributed by atoms with van der Waals surface area (Å²) < 4.78 is 31.2. The van der Waals surface area contributed by atoms with Gasteiger partial charge in [-0.2, -0.15) is 0 Å². The van der Waals surface area contributed by atoms with E-state index in [9.17, 15) is 18.4 Å². The maximum atomic E-state index is 12.9. The minimum absolute atomic E-state index is 0.00796. The molecule has 2 N–H and O–H groups in total. The Labute approximate surface area is 147 Å². The van der Waals surface area contributed by atoms with Crippen molar-refractivity contribution in [3.8, 4) is 11.3 Å². The Morgan fingerprint density at radius 3 is 2.08 bits per heavy atom. The van der Waals surface area contributed by atoms with Crippen molar-refractivity contribution in [2.24, 2.45) is 0 Å². The Morgan fingerprint density at radius 2 is 1.42 bits per heavy atom. The standard InChI is InChI=1S/C19H14F2N2O3/c20-14-5-1-12(2-6-14)11-18(24)22-23-19(25)17-10-9-16(26-17)13-3-7-15(21)8-4-13/h1-10H,11H2,(H,22,24)(H,23,25). The van der Waals surface area contributed by atoms with E-state index >= 15 is 0 Å². The Morgan fingerprint density at radius 1 is 0.808 bits per heavy atom. The van der Waals surface area contributed by atoms with Crippen LogP contribution in [0.25, 0.3) is 11.3 Å². The number of hydrogen-bond acceptors (Lipinski definition) is 3. The zero-order valence-corrected chi connectivity index (χ0v) is 13.5. The van der Waals surface area contributed by atoms with E-state index in [1.807, 2.05) is 0 Å². The molecule has 2 aromatic carbocycles. The predicted octanol–water partition coefficient (Wildman–Crippen LogP) is 3.23. The van der Waals surface area contributed by atoms with E-state index in [1.54, 1.807) is 6.07 Å². The van der Waals surface area contributed by atoms with Gasteiger partial charge in [-0.3, -0.25) is 20.4 Å². The highest BCUT2D eigenvalue weighted by molar-refractivity contribution is 5.93. The minimum atomic E-state index is -0.634. The van der Waals surface area contributed by atoms with Gasteiger partial charge in [-0.1, -0.05) is 12.1 Å². The molecule has 0 atom stereocenters. The summed E-state index contributed by atoms with van der Waals surface area (Å²) in [6.45, 7) is 0. The van der Waals surface area contributed by atoms with Crippen molar-refractivity contribution >= 4 is 11.8 Å². The van der Waals surface area contributed by atoms with Gasteiger partial charge in [0, 0.05) is 5.56 Å². The van der Waals surface area contributed by atoms with Gasteiger partial charge in [-0.25, -0.2) is 8.78 Å². The van der Waals surface area contributed by atoms with Crippen molar-refractivity contribution in [3.63, 3.8) is 0 Å². The van der Waals surface area contributed by atoms with E-state index < -0.39 is 17.6 Å². The number of hydrazine groups is 1. The summed E-state index contributed by atoms with van der Waals surface area (Å²) in [6.07, 6.45) is -0.0143. The van der Waals surface area contributed by atoms with Gasteiger partial charge in [0.2, 0.25) is 5.91 Å². The number of carbonyl (C=O) groups is 2. The van der Waals surface area contributed by atoms with Crippen LogP contribution in [-0.2, 0) is 11.2 Å². The highest BCUT2D eigenvalue weighted by atomic mass is 19.1. The van der Waals surface area contributed by atoms with E-state index in [-0.39, 0.29) is 18.0 Å². The Hall–Kier alpha value is -3.48. The fraction of sp³-hybridized carbons (Fsp3) is 0.0526. The lowest BCUT2D eigenvalue weighted by Gasteiger charge is -2.06. The molecule has 0 unspecified atom stereocenters. The lowest BCUT2D eigenvalue weighted by molar-refractivity contribution is -0.121. The number of nitrogens with one attached hydrogen (secondary N) is 2. The number of halogens is 2. The van der Waals surface area contributed by atoms with E-state index in [0.717, 1.165) is 0 Å². The fourth-order valence-corrected chi connectivity index (χ4v) is 2.25. The van der Waals surface area contributed by atoms with Crippen LogP contribution in [-0.4, -0.2) is 11.8 Å². The van der Waals surface area contributed by atoms with Crippen LogP contribution in [0.2, 0.25) is 0 Å². The van der Waals surface area contributed by atoms with E-state index in [4.69, 9.17) is 4.42 Å². The molecule has 1 aromatic heterocycles. The Kier molecular flexibility index (Phi) is 5.07. The average Bonchev–Trinajstić information content (AvgIpc) is 3.12. The third-order valence-electron chi connectivity index (χ3n) is 3.55. The zero-order chi connectivity index (χ0) is 18.5. The van der Waals surface area contributed by atoms with Crippen LogP contribution >= 0.6 is 0 Å². The zero-order valence-electron chi connectivity index (χ0n) is 13.5. The quantitative estimate of drug-likeness (QED) is 0.705. The number of carbonyl (C=O) groups excluding carboxylic acids is 2. The predicted molar refractivity (Wildman–Crippen MR) is 89.8 cm³/mol. The smallest absolute Gasteiger partial charge is 0.305 e. The Balaban J connectivity index is 1.55. The van der Waals surface area contributed by atoms with E-state index in [0.29, 0.717) is 16.9 Å². The number of hydrogen-bond donors (Lipinski definition) is 2. The first kappa shape index (κ1) is 17.3. The molecule has 132 valence electrons. The first-order valence-corrected chi connectivity index (χ1v) is 7.70. The molecule has 3 rings (SSSR count). The van der Waals surface area contributed by atoms with Gasteiger partial charge in [0.1, 0.15) is 17.4 Å². The first-order valence-electron chi connectivity index (χ1n) is 7.70. The highest BCUT2D eigenvalue weighted by Gasteiger charge is 2.13. The van der Waals surface area contributed by atoms with Crippen molar-refractivity contribution < 1.29 is 22.8 Å². The second-order valence-corrected chi connectivity index (χ2v) is 5.48. The monoisotopic (exact) mass is 356 g/mol. The van der Waals surface area contributed by atoms with Crippen LogP contribution in [0.3, 0.4) is 0 Å². The first-order chi connectivity index (χ1) is 12.5. The number of amides is 2. The molecule has 0 saturated carbocycles. The Bertz CT molecular complexity index is 919. The van der Waals surface area contributed by atoms with Gasteiger partial charge in [0.15, 0.2) is 5.76 Å². The third kappa shape index (κ3) is 4.32. The van der Waals surface area contributed by atoms with Gasteiger partial charge in [0.25, 0.3) is 0 Å². The van der Waals surface area contributed by atoms with Crippen LogP contribution in [0, 0.1) is 11.6 Å². The molecule has 0 fully saturated rings. The summed E-state index contributed by atoms with van der Waals surface area (Å²) in [7, 11) is 0. The fourth-order valence-electron chi connectivity index (χ4n) is 2.25. The van der Waals surface area contributed by atoms with Crippen molar-refractivity contribution in [2.75, 3.05) is 0 Å². The summed E-state index contributed by atoms with van der Waals surface area (Å²) in [6, 6.07) is 14.1. The van der Waals surface area contributed by atoms with Crippen molar-refractivity contribution in [1.29, 1.82) is 0 Å².